The third-order valence-corrected chi connectivity index (χ3v) is 5.89. The lowest BCUT2D eigenvalue weighted by molar-refractivity contribution is -0.109. The van der Waals surface area contributed by atoms with E-state index in [4.69, 9.17) is 23.7 Å². The largest absolute Gasteiger partial charge is 0.497 e. The number of aromatic amines is 1. The Bertz CT molecular complexity index is 1250. The molecule has 36 heavy (non-hydrogen) atoms. The molecule has 0 spiro atoms. The Morgan fingerprint density at radius 2 is 1.39 bits per heavy atom. The molecule has 3 aromatic rings. The van der Waals surface area contributed by atoms with Crippen LogP contribution < -0.4 is 20.7 Å². The van der Waals surface area contributed by atoms with Gasteiger partial charge in [0.25, 0.3) is 5.56 Å². The average molecular weight is 495 g/mol. The van der Waals surface area contributed by atoms with Crippen LogP contribution in [0, 0.1) is 5.92 Å². The Kier molecular flexibility index (Phi) is 8.72. The van der Waals surface area contributed by atoms with Crippen molar-refractivity contribution in [3.8, 4) is 11.5 Å². The van der Waals surface area contributed by atoms with Gasteiger partial charge in [0.15, 0.2) is 6.23 Å². The van der Waals surface area contributed by atoms with Crippen molar-refractivity contribution in [1.82, 2.24) is 9.55 Å². The molecule has 3 atom stereocenters. The summed E-state index contributed by atoms with van der Waals surface area (Å²) in [6.07, 6.45) is 4.16. The molecule has 1 unspecified atom stereocenters. The zero-order chi connectivity index (χ0) is 25.3. The van der Waals surface area contributed by atoms with Crippen LogP contribution in [0.1, 0.15) is 17.4 Å². The van der Waals surface area contributed by atoms with Crippen LogP contribution >= 0.6 is 0 Å². The molecule has 1 N–H and O–H groups in total. The predicted octanol–water partition coefficient (Wildman–Crippen LogP) is 3.06. The molecule has 190 valence electrons. The molecule has 1 aliphatic heterocycles. The van der Waals surface area contributed by atoms with Crippen LogP contribution in [0.4, 0.5) is 0 Å². The van der Waals surface area contributed by atoms with Crippen LogP contribution in [-0.2, 0) is 27.4 Å². The molecule has 0 saturated carbocycles. The van der Waals surface area contributed by atoms with Crippen LogP contribution in [0.15, 0.2) is 82.5 Å². The third-order valence-electron chi connectivity index (χ3n) is 5.89. The number of hydrogen-bond acceptors (Lipinski definition) is 7. The minimum absolute atomic E-state index is 0.0890. The van der Waals surface area contributed by atoms with E-state index in [2.05, 4.69) is 4.98 Å². The van der Waals surface area contributed by atoms with Crippen molar-refractivity contribution in [3.63, 3.8) is 0 Å². The Morgan fingerprint density at radius 3 is 1.94 bits per heavy atom. The quantitative estimate of drug-likeness (QED) is 0.409. The van der Waals surface area contributed by atoms with Crippen LogP contribution in [0.3, 0.4) is 0 Å². The second kappa shape index (κ2) is 12.3. The van der Waals surface area contributed by atoms with E-state index in [1.165, 1.54) is 16.8 Å². The first-order valence-electron chi connectivity index (χ1n) is 11.6. The fourth-order valence-electron chi connectivity index (χ4n) is 3.85. The first-order valence-corrected chi connectivity index (χ1v) is 11.6. The van der Waals surface area contributed by atoms with Gasteiger partial charge in [-0.05, 0) is 41.5 Å². The van der Waals surface area contributed by atoms with E-state index >= 15 is 0 Å². The average Bonchev–Trinajstić information content (AvgIpc) is 2.90. The van der Waals surface area contributed by atoms with E-state index in [9.17, 15) is 9.59 Å². The molecule has 1 aliphatic rings. The van der Waals surface area contributed by atoms with Crippen LogP contribution in [0.25, 0.3) is 0 Å². The molecular formula is C27H30N2O7. The van der Waals surface area contributed by atoms with Crippen molar-refractivity contribution < 1.29 is 23.7 Å². The lowest BCUT2D eigenvalue weighted by Crippen LogP contribution is -2.40. The summed E-state index contributed by atoms with van der Waals surface area (Å²) in [6.45, 7) is 1.54. The van der Waals surface area contributed by atoms with Gasteiger partial charge in [-0.25, -0.2) is 4.79 Å². The molecular weight excluding hydrogens is 464 g/mol. The number of ether oxygens (including phenoxy) is 5. The lowest BCUT2D eigenvalue weighted by atomic mass is 10.0. The molecule has 4 rings (SSSR count). The smallest absolute Gasteiger partial charge is 0.330 e. The number of benzene rings is 2. The highest BCUT2D eigenvalue weighted by molar-refractivity contribution is 5.27. The maximum Gasteiger partial charge on any atom is 0.330 e. The van der Waals surface area contributed by atoms with E-state index in [-0.39, 0.29) is 12.0 Å². The fraction of sp³-hybridized carbons (Fsp3) is 0.333. The van der Waals surface area contributed by atoms with Gasteiger partial charge in [0, 0.05) is 18.2 Å². The summed E-state index contributed by atoms with van der Waals surface area (Å²) in [6, 6.07) is 16.6. The molecule has 0 saturated heterocycles. The number of rotatable bonds is 11. The van der Waals surface area contributed by atoms with Crippen molar-refractivity contribution in [2.24, 2.45) is 5.92 Å². The van der Waals surface area contributed by atoms with Crippen molar-refractivity contribution >= 4 is 0 Å². The van der Waals surface area contributed by atoms with E-state index in [0.717, 1.165) is 22.6 Å². The molecule has 2 aromatic carbocycles. The van der Waals surface area contributed by atoms with Gasteiger partial charge >= 0.3 is 5.69 Å². The number of H-pyrrole nitrogens is 1. The maximum absolute atomic E-state index is 12.3. The molecule has 9 nitrogen and oxygen atoms in total. The summed E-state index contributed by atoms with van der Waals surface area (Å²) >= 11 is 0. The van der Waals surface area contributed by atoms with Gasteiger partial charge in [-0.15, -0.1) is 0 Å². The first kappa shape index (κ1) is 25.4. The van der Waals surface area contributed by atoms with E-state index in [0.29, 0.717) is 26.4 Å². The van der Waals surface area contributed by atoms with Gasteiger partial charge in [-0.2, -0.15) is 0 Å². The highest BCUT2D eigenvalue weighted by Gasteiger charge is 2.29. The van der Waals surface area contributed by atoms with Gasteiger partial charge in [-0.1, -0.05) is 30.3 Å². The number of aromatic nitrogens is 2. The zero-order valence-electron chi connectivity index (χ0n) is 20.3. The molecule has 0 bridgehead atoms. The van der Waals surface area contributed by atoms with Gasteiger partial charge in [0.05, 0.1) is 46.8 Å². The summed E-state index contributed by atoms with van der Waals surface area (Å²) in [4.78, 5) is 26.0. The molecule has 1 aromatic heterocycles. The molecule has 9 heteroatoms. The number of nitrogens with one attached hydrogen (secondary N) is 1. The van der Waals surface area contributed by atoms with Gasteiger partial charge in [-0.3, -0.25) is 14.3 Å². The summed E-state index contributed by atoms with van der Waals surface area (Å²) in [7, 11) is 3.26. The van der Waals surface area contributed by atoms with Crippen molar-refractivity contribution in [3.05, 3.63) is 105 Å². The predicted molar refractivity (Wildman–Crippen MR) is 133 cm³/mol. The fourth-order valence-corrected chi connectivity index (χ4v) is 3.85. The molecule has 0 radical (unpaired) electrons. The maximum atomic E-state index is 12.3. The van der Waals surface area contributed by atoms with E-state index in [1.807, 2.05) is 54.6 Å². The minimum Gasteiger partial charge on any atom is -0.497 e. The number of hydrogen-bond donors (Lipinski definition) is 1. The van der Waals surface area contributed by atoms with Gasteiger partial charge in [0.1, 0.15) is 11.5 Å². The molecule has 0 aliphatic carbocycles. The molecule has 2 heterocycles. The Labute approximate surface area is 208 Å². The molecule has 0 fully saturated rings. The first-order chi connectivity index (χ1) is 17.6. The third kappa shape index (κ3) is 6.72. The van der Waals surface area contributed by atoms with Crippen molar-refractivity contribution in [1.29, 1.82) is 0 Å². The van der Waals surface area contributed by atoms with E-state index in [1.54, 1.807) is 20.3 Å². The van der Waals surface area contributed by atoms with Gasteiger partial charge < -0.3 is 23.7 Å². The second-order valence-electron chi connectivity index (χ2n) is 8.36. The van der Waals surface area contributed by atoms with Crippen LogP contribution in [0.5, 0.6) is 11.5 Å². The Morgan fingerprint density at radius 1 is 0.806 bits per heavy atom. The SMILES string of the molecule is COc1ccc(COC[C@@H]2OC(n3ccc(=O)[nH]c3=O)C=C[C@H]2COCc2ccc(OC)cc2)cc1. The lowest BCUT2D eigenvalue weighted by Gasteiger charge is -2.32. The monoisotopic (exact) mass is 494 g/mol. The summed E-state index contributed by atoms with van der Waals surface area (Å²) in [5.41, 5.74) is 1.04. The summed E-state index contributed by atoms with van der Waals surface area (Å²) < 4.78 is 29.9. The van der Waals surface area contributed by atoms with Gasteiger partial charge in [0.2, 0.25) is 0 Å². The normalized spacial score (nSPS) is 19.2. The zero-order valence-corrected chi connectivity index (χ0v) is 20.3. The van der Waals surface area contributed by atoms with Crippen LogP contribution in [-0.4, -0.2) is 43.1 Å². The molecule has 0 amide bonds. The number of nitrogens with zero attached hydrogens (tertiary/aromatic N) is 1. The Hall–Kier alpha value is -3.66. The Balaban J connectivity index is 1.41. The highest BCUT2D eigenvalue weighted by atomic mass is 16.6. The second-order valence-corrected chi connectivity index (χ2v) is 8.36. The van der Waals surface area contributed by atoms with E-state index < -0.39 is 17.5 Å². The summed E-state index contributed by atoms with van der Waals surface area (Å²) in [5, 5.41) is 0. The summed E-state index contributed by atoms with van der Waals surface area (Å²) in [5.74, 6) is 1.48. The number of methoxy groups -OCH3 is 2. The van der Waals surface area contributed by atoms with Crippen LogP contribution in [0.2, 0.25) is 0 Å². The topological polar surface area (TPSA) is 101 Å². The van der Waals surface area contributed by atoms with Crippen molar-refractivity contribution in [2.45, 2.75) is 25.5 Å². The van der Waals surface area contributed by atoms with Crippen molar-refractivity contribution in [2.75, 3.05) is 27.4 Å². The highest BCUT2D eigenvalue weighted by Crippen LogP contribution is 2.26. The minimum atomic E-state index is -0.665. The standard InChI is InChI=1S/C27H30N2O7/c1-32-22-8-3-19(4-9-22)15-34-17-21-7-12-26(29-14-13-25(30)28-27(29)31)36-24(21)18-35-16-20-5-10-23(33-2)11-6-20/h3-14,21,24,26H,15-18H2,1-2H3,(H,28,30,31)/t21-,24-,26?/m0/s1.